The van der Waals surface area contributed by atoms with Crippen LogP contribution in [-0.4, -0.2) is 11.9 Å². The summed E-state index contributed by atoms with van der Waals surface area (Å²) in [6, 6.07) is 11.7. The minimum Gasteiger partial charge on any atom is -0.467 e. The van der Waals surface area contributed by atoms with Crippen molar-refractivity contribution in [2.45, 2.75) is 13.5 Å². The van der Waals surface area contributed by atoms with Gasteiger partial charge in [-0.2, -0.15) is 0 Å². The lowest BCUT2D eigenvalue weighted by atomic mass is 10.2. The van der Waals surface area contributed by atoms with Crippen molar-refractivity contribution in [1.82, 2.24) is 5.32 Å². The van der Waals surface area contributed by atoms with E-state index in [0.717, 1.165) is 5.56 Å². The van der Waals surface area contributed by atoms with Gasteiger partial charge in [0.15, 0.2) is 5.76 Å². The molecule has 3 rings (SSSR count). The third-order valence-corrected chi connectivity index (χ3v) is 3.47. The Kier molecular flexibility index (Phi) is 4.84. The van der Waals surface area contributed by atoms with Gasteiger partial charge in [-0.15, -0.1) is 0 Å². The smallest absolute Gasteiger partial charge is 0.319 e. The number of benzene rings is 1. The molecule has 7 heteroatoms. The van der Waals surface area contributed by atoms with Crippen molar-refractivity contribution in [3.63, 3.8) is 0 Å². The molecule has 3 N–H and O–H groups in total. The Balaban J connectivity index is 1.52. The quantitative estimate of drug-likeness (QED) is 0.659. The summed E-state index contributed by atoms with van der Waals surface area (Å²) in [5.41, 5.74) is 1.97. The molecule has 0 saturated heterocycles. The molecule has 25 heavy (non-hydrogen) atoms. The molecule has 3 amide bonds. The van der Waals surface area contributed by atoms with Gasteiger partial charge < -0.3 is 24.8 Å². The predicted molar refractivity (Wildman–Crippen MR) is 92.4 cm³/mol. The van der Waals surface area contributed by atoms with E-state index in [1.54, 1.807) is 55.7 Å². The van der Waals surface area contributed by atoms with Gasteiger partial charge in [-0.25, -0.2) is 4.79 Å². The Hall–Kier alpha value is -3.48. The number of carbonyl (C=O) groups excluding carboxylic acids is 2. The van der Waals surface area contributed by atoms with Crippen LogP contribution >= 0.6 is 0 Å². The van der Waals surface area contributed by atoms with Crippen LogP contribution in [0.3, 0.4) is 0 Å². The second kappa shape index (κ2) is 7.39. The maximum Gasteiger partial charge on any atom is 0.319 e. The molecule has 128 valence electrons. The highest BCUT2D eigenvalue weighted by Crippen LogP contribution is 2.16. The molecule has 2 heterocycles. The molecular formula is C18H17N3O4. The highest BCUT2D eigenvalue weighted by Gasteiger charge is 2.12. The second-order valence-corrected chi connectivity index (χ2v) is 5.35. The maximum absolute atomic E-state index is 12.1. The summed E-state index contributed by atoms with van der Waals surface area (Å²) in [6.45, 7) is 2.10. The van der Waals surface area contributed by atoms with Crippen LogP contribution in [0.1, 0.15) is 21.9 Å². The SMILES string of the molecule is Cc1ccoc1C(=O)Nc1ccc(NC(=O)NCc2ccco2)cc1. The molecule has 0 saturated carbocycles. The standard InChI is InChI=1S/C18H17N3O4/c1-12-8-10-25-16(12)17(22)20-13-4-6-14(7-5-13)21-18(23)19-11-15-3-2-9-24-15/h2-10H,11H2,1H3,(H,20,22)(H2,19,21,23). The van der Waals surface area contributed by atoms with Gasteiger partial charge in [0.2, 0.25) is 0 Å². The minimum atomic E-state index is -0.348. The number of urea groups is 1. The summed E-state index contributed by atoms with van der Waals surface area (Å²) < 4.78 is 10.3. The highest BCUT2D eigenvalue weighted by atomic mass is 16.3. The van der Waals surface area contributed by atoms with Gasteiger partial charge in [0.1, 0.15) is 5.76 Å². The van der Waals surface area contributed by atoms with Crippen molar-refractivity contribution in [1.29, 1.82) is 0 Å². The summed E-state index contributed by atoms with van der Waals surface area (Å²) in [5.74, 6) is 0.625. The van der Waals surface area contributed by atoms with Gasteiger partial charge in [-0.05, 0) is 49.4 Å². The zero-order chi connectivity index (χ0) is 17.6. The van der Waals surface area contributed by atoms with Crippen LogP contribution in [0.2, 0.25) is 0 Å². The molecule has 0 aliphatic heterocycles. The average Bonchev–Trinajstić information content (AvgIpc) is 3.26. The minimum absolute atomic E-state index is 0.277. The largest absolute Gasteiger partial charge is 0.467 e. The molecule has 0 unspecified atom stereocenters. The van der Waals surface area contributed by atoms with Gasteiger partial charge in [0.25, 0.3) is 5.91 Å². The molecule has 0 spiro atoms. The number of hydrogen-bond donors (Lipinski definition) is 3. The van der Waals surface area contributed by atoms with E-state index in [0.29, 0.717) is 23.7 Å². The topological polar surface area (TPSA) is 96.5 Å². The monoisotopic (exact) mass is 339 g/mol. The zero-order valence-corrected chi connectivity index (χ0v) is 13.5. The molecule has 0 atom stereocenters. The van der Waals surface area contributed by atoms with Crippen molar-refractivity contribution in [3.8, 4) is 0 Å². The van der Waals surface area contributed by atoms with E-state index in [4.69, 9.17) is 8.83 Å². The van der Waals surface area contributed by atoms with Crippen LogP contribution in [0.25, 0.3) is 0 Å². The Morgan fingerprint density at radius 3 is 2.24 bits per heavy atom. The molecule has 1 aromatic carbocycles. The molecule has 0 aliphatic carbocycles. The first-order valence-corrected chi connectivity index (χ1v) is 7.64. The third-order valence-electron chi connectivity index (χ3n) is 3.47. The van der Waals surface area contributed by atoms with E-state index in [2.05, 4.69) is 16.0 Å². The number of nitrogens with one attached hydrogen (secondary N) is 3. The van der Waals surface area contributed by atoms with E-state index >= 15 is 0 Å². The average molecular weight is 339 g/mol. The molecule has 7 nitrogen and oxygen atoms in total. The molecule has 0 aliphatic rings. The van der Waals surface area contributed by atoms with Crippen LogP contribution in [-0.2, 0) is 6.54 Å². The maximum atomic E-state index is 12.1. The van der Waals surface area contributed by atoms with Crippen LogP contribution in [0.5, 0.6) is 0 Å². The van der Waals surface area contributed by atoms with Gasteiger partial charge >= 0.3 is 6.03 Å². The number of hydrogen-bond acceptors (Lipinski definition) is 4. The molecule has 3 aromatic rings. The van der Waals surface area contributed by atoms with E-state index in [-0.39, 0.29) is 17.7 Å². The Labute approximate surface area is 144 Å². The van der Waals surface area contributed by atoms with Gasteiger partial charge in [0.05, 0.1) is 19.1 Å². The summed E-state index contributed by atoms with van der Waals surface area (Å²) in [5, 5.41) is 8.11. The lowest BCUT2D eigenvalue weighted by Gasteiger charge is -2.08. The summed E-state index contributed by atoms with van der Waals surface area (Å²) in [7, 11) is 0. The van der Waals surface area contributed by atoms with Crippen molar-refractivity contribution < 1.29 is 18.4 Å². The summed E-state index contributed by atoms with van der Waals surface area (Å²) in [6.07, 6.45) is 3.02. The lowest BCUT2D eigenvalue weighted by Crippen LogP contribution is -2.27. The van der Waals surface area contributed by atoms with Crippen molar-refractivity contribution in [3.05, 3.63) is 72.1 Å². The molecule has 2 aromatic heterocycles. The normalized spacial score (nSPS) is 10.3. The number of carbonyl (C=O) groups is 2. The summed E-state index contributed by atoms with van der Waals surface area (Å²) in [4.78, 5) is 23.9. The fourth-order valence-electron chi connectivity index (χ4n) is 2.19. The molecule has 0 fully saturated rings. The molecule has 0 bridgehead atoms. The number of anilines is 2. The number of furan rings is 2. The number of amides is 3. The first-order valence-electron chi connectivity index (χ1n) is 7.64. The molecule has 0 radical (unpaired) electrons. The predicted octanol–water partition coefficient (Wildman–Crippen LogP) is 3.76. The highest BCUT2D eigenvalue weighted by molar-refractivity contribution is 6.03. The van der Waals surface area contributed by atoms with Crippen molar-refractivity contribution in [2.24, 2.45) is 0 Å². The van der Waals surface area contributed by atoms with Gasteiger partial charge in [0, 0.05) is 16.9 Å². The summed E-state index contributed by atoms with van der Waals surface area (Å²) >= 11 is 0. The fraction of sp³-hybridized carbons (Fsp3) is 0.111. The lowest BCUT2D eigenvalue weighted by molar-refractivity contribution is 0.0996. The van der Waals surface area contributed by atoms with Crippen molar-refractivity contribution >= 4 is 23.3 Å². The number of aryl methyl sites for hydroxylation is 1. The first kappa shape index (κ1) is 16.4. The zero-order valence-electron chi connectivity index (χ0n) is 13.5. The van der Waals surface area contributed by atoms with Crippen LogP contribution in [0.4, 0.5) is 16.2 Å². The van der Waals surface area contributed by atoms with Crippen LogP contribution < -0.4 is 16.0 Å². The van der Waals surface area contributed by atoms with E-state index in [1.165, 1.54) is 6.26 Å². The second-order valence-electron chi connectivity index (χ2n) is 5.35. The Morgan fingerprint density at radius 1 is 0.920 bits per heavy atom. The van der Waals surface area contributed by atoms with Gasteiger partial charge in [-0.3, -0.25) is 4.79 Å². The Morgan fingerprint density at radius 2 is 1.64 bits per heavy atom. The van der Waals surface area contributed by atoms with Crippen LogP contribution in [0, 0.1) is 6.92 Å². The third kappa shape index (κ3) is 4.29. The fourth-order valence-corrected chi connectivity index (χ4v) is 2.19. The van der Waals surface area contributed by atoms with E-state index in [1.807, 2.05) is 0 Å². The Bertz CT molecular complexity index is 851. The van der Waals surface area contributed by atoms with Crippen LogP contribution in [0.15, 0.2) is 63.8 Å². The van der Waals surface area contributed by atoms with E-state index in [9.17, 15) is 9.59 Å². The van der Waals surface area contributed by atoms with E-state index < -0.39 is 0 Å². The number of rotatable bonds is 5. The van der Waals surface area contributed by atoms with Crippen molar-refractivity contribution in [2.75, 3.05) is 10.6 Å². The molecular weight excluding hydrogens is 322 g/mol. The van der Waals surface area contributed by atoms with Gasteiger partial charge in [-0.1, -0.05) is 0 Å². The first-order chi connectivity index (χ1) is 12.1.